The van der Waals surface area contributed by atoms with Gasteiger partial charge in [0, 0.05) is 6.54 Å². The molecule has 0 spiro atoms. The molecule has 11 heteroatoms. The van der Waals surface area contributed by atoms with Crippen molar-refractivity contribution in [2.45, 2.75) is 78.7 Å². The summed E-state index contributed by atoms with van der Waals surface area (Å²) in [6, 6.07) is 0. The highest BCUT2D eigenvalue weighted by Crippen LogP contribution is 2.14. The Hall–Kier alpha value is -2.85. The molecule has 0 rings (SSSR count). The summed E-state index contributed by atoms with van der Waals surface area (Å²) in [5.74, 6) is -3.71. The number of esters is 4. The van der Waals surface area contributed by atoms with Crippen LogP contribution in [-0.4, -0.2) is 68.5 Å². The first-order chi connectivity index (χ1) is 16.0. The highest BCUT2D eigenvalue weighted by molar-refractivity contribution is 5.94. The molecule has 1 unspecified atom stereocenters. The molecule has 0 heterocycles. The van der Waals surface area contributed by atoms with Gasteiger partial charge >= 0.3 is 30.0 Å². The smallest absolute Gasteiger partial charge is 0.407 e. The van der Waals surface area contributed by atoms with E-state index in [1.807, 2.05) is 0 Å². The van der Waals surface area contributed by atoms with Gasteiger partial charge in [-0.2, -0.15) is 0 Å². The largest absolute Gasteiger partial charge is 0.466 e. The quantitative estimate of drug-likeness (QED) is 0.149. The molecule has 0 bridgehead atoms. The summed E-state index contributed by atoms with van der Waals surface area (Å²) in [5, 5.41) is 2.62. The van der Waals surface area contributed by atoms with Gasteiger partial charge in [0.25, 0.3) is 0 Å². The van der Waals surface area contributed by atoms with Crippen LogP contribution in [0.1, 0.15) is 73.1 Å². The van der Waals surface area contributed by atoms with E-state index in [1.165, 1.54) is 0 Å². The molecule has 1 N–H and O–H groups in total. The van der Waals surface area contributed by atoms with Crippen LogP contribution in [0.15, 0.2) is 0 Å². The Morgan fingerprint density at radius 1 is 0.735 bits per heavy atom. The standard InChI is InChI=1S/C23H39NO10/c1-6-30-18(25)16-19(26)32-14-10-11-15-33-21(28)17(20(27)31-7-2)12-8-9-13-24-22(29)34-23(3,4)5/h17H,6-16H2,1-5H3,(H,24,29). The van der Waals surface area contributed by atoms with Crippen LogP contribution in [0.25, 0.3) is 0 Å². The normalized spacial score (nSPS) is 11.7. The van der Waals surface area contributed by atoms with Gasteiger partial charge in [0.1, 0.15) is 12.0 Å². The van der Waals surface area contributed by atoms with Crippen LogP contribution in [0.4, 0.5) is 4.79 Å². The van der Waals surface area contributed by atoms with Gasteiger partial charge < -0.3 is 29.0 Å². The maximum atomic E-state index is 12.4. The average molecular weight is 490 g/mol. The highest BCUT2D eigenvalue weighted by atomic mass is 16.6. The molecule has 0 aromatic carbocycles. The Morgan fingerprint density at radius 3 is 1.88 bits per heavy atom. The van der Waals surface area contributed by atoms with Crippen LogP contribution in [0.3, 0.4) is 0 Å². The zero-order valence-corrected chi connectivity index (χ0v) is 20.9. The van der Waals surface area contributed by atoms with E-state index >= 15 is 0 Å². The number of unbranched alkanes of at least 4 members (excludes halogenated alkanes) is 2. The molecule has 34 heavy (non-hydrogen) atoms. The van der Waals surface area contributed by atoms with Crippen LogP contribution >= 0.6 is 0 Å². The third kappa shape index (κ3) is 16.7. The van der Waals surface area contributed by atoms with Crippen molar-refractivity contribution in [2.75, 3.05) is 33.0 Å². The van der Waals surface area contributed by atoms with Crippen LogP contribution in [0.5, 0.6) is 0 Å². The average Bonchev–Trinajstić information content (AvgIpc) is 2.71. The topological polar surface area (TPSA) is 144 Å². The summed E-state index contributed by atoms with van der Waals surface area (Å²) in [5.41, 5.74) is -0.590. The van der Waals surface area contributed by atoms with E-state index in [2.05, 4.69) is 10.1 Å². The van der Waals surface area contributed by atoms with Crippen molar-refractivity contribution in [1.82, 2.24) is 5.32 Å². The number of carbonyl (C=O) groups excluding carboxylic acids is 5. The Labute approximate surface area is 201 Å². The molecule has 196 valence electrons. The molecular weight excluding hydrogens is 450 g/mol. The Kier molecular flexibility index (Phi) is 16.1. The van der Waals surface area contributed by atoms with Gasteiger partial charge in [-0.3, -0.25) is 19.2 Å². The molecule has 0 fully saturated rings. The van der Waals surface area contributed by atoms with Gasteiger partial charge in [-0.15, -0.1) is 0 Å². The van der Waals surface area contributed by atoms with E-state index in [-0.39, 0.29) is 32.8 Å². The zero-order chi connectivity index (χ0) is 26.0. The van der Waals surface area contributed by atoms with Crippen molar-refractivity contribution in [3.05, 3.63) is 0 Å². The zero-order valence-electron chi connectivity index (χ0n) is 20.9. The summed E-state index contributed by atoms with van der Waals surface area (Å²) < 4.78 is 24.9. The molecule has 1 atom stereocenters. The second-order valence-corrected chi connectivity index (χ2v) is 8.31. The second kappa shape index (κ2) is 17.6. The summed E-state index contributed by atoms with van der Waals surface area (Å²) in [4.78, 5) is 58.8. The van der Waals surface area contributed by atoms with E-state index in [9.17, 15) is 24.0 Å². The van der Waals surface area contributed by atoms with Crippen LogP contribution in [0.2, 0.25) is 0 Å². The number of hydrogen-bond acceptors (Lipinski definition) is 10. The van der Waals surface area contributed by atoms with Crippen LogP contribution in [-0.2, 0) is 42.9 Å². The molecule has 0 radical (unpaired) electrons. The first kappa shape index (κ1) is 31.1. The minimum Gasteiger partial charge on any atom is -0.466 e. The fourth-order valence-electron chi connectivity index (χ4n) is 2.60. The van der Waals surface area contributed by atoms with Crippen molar-refractivity contribution in [1.29, 1.82) is 0 Å². The number of rotatable bonds is 16. The van der Waals surface area contributed by atoms with Crippen molar-refractivity contribution in [2.24, 2.45) is 5.92 Å². The maximum absolute atomic E-state index is 12.4. The predicted molar refractivity (Wildman–Crippen MR) is 121 cm³/mol. The molecule has 0 aliphatic carbocycles. The van der Waals surface area contributed by atoms with Crippen molar-refractivity contribution in [3.63, 3.8) is 0 Å². The molecule has 0 aliphatic heterocycles. The lowest BCUT2D eigenvalue weighted by Gasteiger charge is -2.19. The van der Waals surface area contributed by atoms with E-state index in [1.54, 1.807) is 34.6 Å². The highest BCUT2D eigenvalue weighted by Gasteiger charge is 2.29. The number of hydrogen-bond donors (Lipinski definition) is 1. The lowest BCUT2D eigenvalue weighted by Crippen LogP contribution is -2.33. The van der Waals surface area contributed by atoms with E-state index in [0.717, 1.165) is 0 Å². The molecule has 0 saturated carbocycles. The van der Waals surface area contributed by atoms with E-state index < -0.39 is 47.9 Å². The van der Waals surface area contributed by atoms with Gasteiger partial charge in [-0.05, 0) is 60.3 Å². The number of carbonyl (C=O) groups is 5. The van der Waals surface area contributed by atoms with Crippen molar-refractivity contribution in [3.8, 4) is 0 Å². The number of nitrogens with one attached hydrogen (secondary N) is 1. The summed E-state index contributed by atoms with van der Waals surface area (Å²) in [6.07, 6.45) is 1.11. The van der Waals surface area contributed by atoms with E-state index in [0.29, 0.717) is 32.2 Å². The lowest BCUT2D eigenvalue weighted by atomic mass is 10.0. The first-order valence-electron chi connectivity index (χ1n) is 11.6. The SMILES string of the molecule is CCOC(=O)CC(=O)OCCCCOC(=O)C(CCCCNC(=O)OC(C)(C)C)C(=O)OCC. The molecule has 0 aromatic heterocycles. The van der Waals surface area contributed by atoms with Gasteiger partial charge in [-0.1, -0.05) is 6.42 Å². The number of alkyl carbamates (subject to hydrolysis) is 1. The Balaban J connectivity index is 4.23. The van der Waals surface area contributed by atoms with Gasteiger partial charge in [0.05, 0.1) is 26.4 Å². The summed E-state index contributed by atoms with van der Waals surface area (Å²) >= 11 is 0. The summed E-state index contributed by atoms with van der Waals surface area (Å²) in [7, 11) is 0. The molecular formula is C23H39NO10. The third-order valence-corrected chi connectivity index (χ3v) is 4.08. The van der Waals surface area contributed by atoms with Gasteiger partial charge in [0.2, 0.25) is 0 Å². The molecule has 11 nitrogen and oxygen atoms in total. The summed E-state index contributed by atoms with van der Waals surface area (Å²) in [6.45, 7) is 9.37. The molecule has 0 aromatic rings. The first-order valence-corrected chi connectivity index (χ1v) is 11.6. The molecule has 1 amide bonds. The second-order valence-electron chi connectivity index (χ2n) is 8.31. The lowest BCUT2D eigenvalue weighted by molar-refractivity contribution is -0.163. The van der Waals surface area contributed by atoms with Gasteiger partial charge in [0.15, 0.2) is 5.92 Å². The van der Waals surface area contributed by atoms with Crippen LogP contribution < -0.4 is 5.32 Å². The van der Waals surface area contributed by atoms with Crippen molar-refractivity contribution >= 4 is 30.0 Å². The van der Waals surface area contributed by atoms with Gasteiger partial charge in [-0.25, -0.2) is 4.79 Å². The number of amides is 1. The molecule has 0 aliphatic rings. The minimum atomic E-state index is -1.05. The fourth-order valence-corrected chi connectivity index (χ4v) is 2.60. The minimum absolute atomic E-state index is 0.0460. The Morgan fingerprint density at radius 2 is 1.29 bits per heavy atom. The van der Waals surface area contributed by atoms with E-state index in [4.69, 9.17) is 18.9 Å². The number of ether oxygens (including phenoxy) is 5. The monoisotopic (exact) mass is 489 g/mol. The predicted octanol–water partition coefficient (Wildman–Crippen LogP) is 2.68. The maximum Gasteiger partial charge on any atom is 0.407 e. The van der Waals surface area contributed by atoms with Crippen LogP contribution in [0, 0.1) is 5.92 Å². The Bertz CT molecular complexity index is 657. The fraction of sp³-hybridized carbons (Fsp3) is 0.783. The molecule has 0 saturated heterocycles. The third-order valence-electron chi connectivity index (χ3n) is 4.08. The van der Waals surface area contributed by atoms with Crippen molar-refractivity contribution < 1.29 is 47.7 Å².